The predicted octanol–water partition coefficient (Wildman–Crippen LogP) is 3.80. The average Bonchev–Trinajstić information content (AvgIpc) is 2.69. The number of benzene rings is 1. The Morgan fingerprint density at radius 1 is 1.22 bits per heavy atom. The largest absolute Gasteiger partial charge is 0.370 e. The van der Waals surface area contributed by atoms with Gasteiger partial charge in [0.05, 0.1) is 10.6 Å². The molecule has 6 nitrogen and oxygen atoms in total. The molecular formula is C17H20N4O2. The van der Waals surface area contributed by atoms with Crippen molar-refractivity contribution in [2.45, 2.75) is 44.4 Å². The van der Waals surface area contributed by atoms with Gasteiger partial charge in [0.2, 0.25) is 0 Å². The minimum atomic E-state index is -0.330. The Balaban J connectivity index is 1.88. The van der Waals surface area contributed by atoms with Gasteiger partial charge in [-0.3, -0.25) is 10.1 Å². The number of hydrogen-bond acceptors (Lipinski definition) is 4. The van der Waals surface area contributed by atoms with E-state index < -0.39 is 0 Å². The molecule has 0 bridgehead atoms. The first-order chi connectivity index (χ1) is 11.3. The van der Waals surface area contributed by atoms with Crippen molar-refractivity contribution >= 4 is 11.5 Å². The molecule has 0 atom stereocenters. The van der Waals surface area contributed by atoms with Crippen molar-refractivity contribution in [1.82, 2.24) is 9.78 Å². The molecule has 0 unspecified atom stereocenters. The van der Waals surface area contributed by atoms with Crippen LogP contribution in [0.2, 0.25) is 0 Å². The molecule has 0 radical (unpaired) electrons. The number of nitro benzene ring substituents is 1. The van der Waals surface area contributed by atoms with Gasteiger partial charge in [0.1, 0.15) is 11.5 Å². The number of rotatable bonds is 3. The summed E-state index contributed by atoms with van der Waals surface area (Å²) in [7, 11) is 0. The lowest BCUT2D eigenvalue weighted by atomic mass is 9.81. The zero-order chi connectivity index (χ0) is 15.8. The third-order valence-electron chi connectivity index (χ3n) is 4.96. The van der Waals surface area contributed by atoms with Crippen molar-refractivity contribution < 1.29 is 4.92 Å². The summed E-state index contributed by atoms with van der Waals surface area (Å²) in [6, 6.07) is 6.85. The molecule has 1 aliphatic heterocycles. The molecule has 120 valence electrons. The third-order valence-corrected chi connectivity index (χ3v) is 4.96. The molecule has 1 N–H and O–H groups in total. The van der Waals surface area contributed by atoms with Crippen LogP contribution in [0.25, 0.3) is 5.69 Å². The van der Waals surface area contributed by atoms with Gasteiger partial charge in [-0.15, -0.1) is 0 Å². The van der Waals surface area contributed by atoms with Crippen LogP contribution in [0.4, 0.5) is 11.5 Å². The highest BCUT2D eigenvalue weighted by molar-refractivity contribution is 5.60. The standard InChI is InChI=1S/C17H20N4O2/c22-21(23)15-10-2-1-9-14(15)20-17-13(8-3-4-11-18-17)16(19-20)12-6-5-7-12/h1-2,9-10,12,18H,3-8,11H2. The molecule has 2 aromatic rings. The maximum Gasteiger partial charge on any atom is 0.294 e. The lowest BCUT2D eigenvalue weighted by Crippen LogP contribution is -2.12. The van der Waals surface area contributed by atoms with Gasteiger partial charge in [0.25, 0.3) is 5.69 Å². The Morgan fingerprint density at radius 3 is 2.78 bits per heavy atom. The van der Waals surface area contributed by atoms with E-state index in [-0.39, 0.29) is 10.6 Å². The summed E-state index contributed by atoms with van der Waals surface area (Å²) >= 11 is 0. The molecule has 6 heteroatoms. The van der Waals surface area contributed by atoms with Gasteiger partial charge >= 0.3 is 0 Å². The second-order valence-electron chi connectivity index (χ2n) is 6.38. The number of nitrogens with zero attached hydrogens (tertiary/aromatic N) is 3. The molecule has 2 aliphatic rings. The lowest BCUT2D eigenvalue weighted by molar-refractivity contribution is -0.384. The number of fused-ring (bicyclic) bond motifs is 1. The van der Waals surface area contributed by atoms with Gasteiger partial charge < -0.3 is 5.32 Å². The SMILES string of the molecule is O=[N+]([O-])c1ccccc1-n1nc(C2CCC2)c2c1NCCCC2. The summed E-state index contributed by atoms with van der Waals surface area (Å²) in [6.07, 6.45) is 6.89. The van der Waals surface area contributed by atoms with Crippen LogP contribution in [-0.4, -0.2) is 21.2 Å². The van der Waals surface area contributed by atoms with Crippen LogP contribution in [0.15, 0.2) is 24.3 Å². The van der Waals surface area contributed by atoms with Gasteiger partial charge in [-0.25, -0.2) is 4.68 Å². The molecule has 1 aromatic heterocycles. The van der Waals surface area contributed by atoms with Crippen molar-refractivity contribution in [2.75, 3.05) is 11.9 Å². The molecule has 2 heterocycles. The number of para-hydroxylation sites is 2. The smallest absolute Gasteiger partial charge is 0.294 e. The van der Waals surface area contributed by atoms with Crippen LogP contribution >= 0.6 is 0 Å². The van der Waals surface area contributed by atoms with E-state index in [1.807, 2.05) is 6.07 Å². The maximum atomic E-state index is 11.4. The van der Waals surface area contributed by atoms with Crippen molar-refractivity contribution in [3.63, 3.8) is 0 Å². The number of nitrogens with one attached hydrogen (secondary N) is 1. The molecule has 0 spiro atoms. The molecule has 4 rings (SSSR count). The summed E-state index contributed by atoms with van der Waals surface area (Å²) in [5, 5.41) is 19.7. The fraction of sp³-hybridized carbons (Fsp3) is 0.471. The highest BCUT2D eigenvalue weighted by Crippen LogP contribution is 2.41. The second kappa shape index (κ2) is 5.68. The summed E-state index contributed by atoms with van der Waals surface area (Å²) in [4.78, 5) is 11.1. The Hall–Kier alpha value is -2.37. The molecule has 1 aromatic carbocycles. The monoisotopic (exact) mass is 312 g/mol. The topological polar surface area (TPSA) is 73.0 Å². The minimum Gasteiger partial charge on any atom is -0.370 e. The fourth-order valence-electron chi connectivity index (χ4n) is 3.51. The average molecular weight is 312 g/mol. The molecule has 1 saturated carbocycles. The van der Waals surface area contributed by atoms with Crippen LogP contribution in [-0.2, 0) is 6.42 Å². The molecule has 0 saturated heterocycles. The van der Waals surface area contributed by atoms with Crippen molar-refractivity contribution in [2.24, 2.45) is 0 Å². The predicted molar refractivity (Wildman–Crippen MR) is 88.2 cm³/mol. The van der Waals surface area contributed by atoms with E-state index in [4.69, 9.17) is 5.10 Å². The highest BCUT2D eigenvalue weighted by atomic mass is 16.6. The zero-order valence-corrected chi connectivity index (χ0v) is 13.0. The quantitative estimate of drug-likeness (QED) is 0.691. The Morgan fingerprint density at radius 2 is 2.04 bits per heavy atom. The number of nitro groups is 1. The lowest BCUT2D eigenvalue weighted by Gasteiger charge is -2.24. The third kappa shape index (κ3) is 2.38. The number of aromatic nitrogens is 2. The van der Waals surface area contributed by atoms with E-state index in [0.29, 0.717) is 11.6 Å². The van der Waals surface area contributed by atoms with E-state index in [9.17, 15) is 10.1 Å². The maximum absolute atomic E-state index is 11.4. The highest BCUT2D eigenvalue weighted by Gasteiger charge is 2.30. The normalized spacial score (nSPS) is 17.7. The Labute approximate surface area is 134 Å². The van der Waals surface area contributed by atoms with Crippen LogP contribution < -0.4 is 5.32 Å². The van der Waals surface area contributed by atoms with Crippen molar-refractivity contribution in [3.8, 4) is 5.69 Å². The minimum absolute atomic E-state index is 0.101. The first kappa shape index (κ1) is 14.2. The summed E-state index contributed by atoms with van der Waals surface area (Å²) in [6.45, 7) is 0.892. The van der Waals surface area contributed by atoms with E-state index in [0.717, 1.165) is 37.3 Å². The van der Waals surface area contributed by atoms with Gasteiger partial charge in [0.15, 0.2) is 0 Å². The van der Waals surface area contributed by atoms with Crippen LogP contribution in [0, 0.1) is 10.1 Å². The number of anilines is 1. The van der Waals surface area contributed by atoms with Crippen LogP contribution in [0.5, 0.6) is 0 Å². The Bertz CT molecular complexity index is 749. The van der Waals surface area contributed by atoms with E-state index in [2.05, 4.69) is 5.32 Å². The van der Waals surface area contributed by atoms with Crippen LogP contribution in [0.3, 0.4) is 0 Å². The first-order valence-corrected chi connectivity index (χ1v) is 8.35. The van der Waals surface area contributed by atoms with Gasteiger partial charge in [0, 0.05) is 24.1 Å². The molecular weight excluding hydrogens is 292 g/mol. The van der Waals surface area contributed by atoms with Gasteiger partial charge in [-0.05, 0) is 38.2 Å². The summed E-state index contributed by atoms with van der Waals surface area (Å²) in [5.74, 6) is 1.48. The van der Waals surface area contributed by atoms with E-state index in [1.165, 1.54) is 24.8 Å². The second-order valence-corrected chi connectivity index (χ2v) is 6.38. The van der Waals surface area contributed by atoms with Gasteiger partial charge in [-0.2, -0.15) is 5.10 Å². The van der Waals surface area contributed by atoms with E-state index >= 15 is 0 Å². The first-order valence-electron chi connectivity index (χ1n) is 8.35. The van der Waals surface area contributed by atoms with Gasteiger partial charge in [-0.1, -0.05) is 18.6 Å². The fourth-order valence-corrected chi connectivity index (χ4v) is 3.51. The Kier molecular flexibility index (Phi) is 3.52. The van der Waals surface area contributed by atoms with E-state index in [1.54, 1.807) is 22.9 Å². The molecule has 0 amide bonds. The molecule has 1 fully saturated rings. The van der Waals surface area contributed by atoms with Crippen LogP contribution in [0.1, 0.15) is 49.3 Å². The summed E-state index contributed by atoms with van der Waals surface area (Å²) in [5.41, 5.74) is 3.07. The van der Waals surface area contributed by atoms with Crippen molar-refractivity contribution in [3.05, 3.63) is 45.6 Å². The zero-order valence-electron chi connectivity index (χ0n) is 13.0. The molecule has 23 heavy (non-hydrogen) atoms. The molecule has 1 aliphatic carbocycles. The number of hydrogen-bond donors (Lipinski definition) is 1. The summed E-state index contributed by atoms with van der Waals surface area (Å²) < 4.78 is 1.77. The van der Waals surface area contributed by atoms with Crippen molar-refractivity contribution in [1.29, 1.82) is 0 Å².